The quantitative estimate of drug-likeness (QED) is 0.658. The molecule has 0 aromatic heterocycles. The van der Waals surface area contributed by atoms with Crippen LogP contribution in [0, 0.1) is 5.92 Å². The third kappa shape index (κ3) is 6.84. The molecule has 7 heteroatoms. The van der Waals surface area contributed by atoms with E-state index in [1.165, 1.54) is 0 Å². The molecule has 0 spiro atoms. The van der Waals surface area contributed by atoms with Crippen molar-refractivity contribution in [3.05, 3.63) is 70.4 Å². The molecule has 1 aliphatic rings. The minimum absolute atomic E-state index is 0.203. The zero-order chi connectivity index (χ0) is 22.2. The van der Waals surface area contributed by atoms with Gasteiger partial charge < -0.3 is 19.7 Å². The summed E-state index contributed by atoms with van der Waals surface area (Å²) in [5.41, 5.74) is 1.40. The standard InChI is InChI=1S/C24H27ClN2O4/c1-17(2)16-31-21-9-5-19(6-10-21)23(28)26-22(15-18-3-7-20(25)8-4-18)24(29)27-11-13-30-14-12-27/h3-10,15,17H,11-14,16H2,1-2H3,(H,26,28). The molecular weight excluding hydrogens is 416 g/mol. The van der Waals surface area contributed by atoms with Crippen LogP contribution in [0.2, 0.25) is 5.02 Å². The van der Waals surface area contributed by atoms with Gasteiger partial charge in [-0.25, -0.2) is 0 Å². The highest BCUT2D eigenvalue weighted by molar-refractivity contribution is 6.30. The van der Waals surface area contributed by atoms with Crippen molar-refractivity contribution >= 4 is 29.5 Å². The van der Waals surface area contributed by atoms with Crippen molar-refractivity contribution in [2.45, 2.75) is 13.8 Å². The summed E-state index contributed by atoms with van der Waals surface area (Å²) in [4.78, 5) is 27.6. The van der Waals surface area contributed by atoms with Gasteiger partial charge in [0.2, 0.25) is 0 Å². The number of nitrogens with zero attached hydrogens (tertiary/aromatic N) is 1. The molecule has 1 fully saturated rings. The van der Waals surface area contributed by atoms with Gasteiger partial charge in [-0.05, 0) is 54.0 Å². The zero-order valence-electron chi connectivity index (χ0n) is 17.8. The van der Waals surface area contributed by atoms with E-state index < -0.39 is 0 Å². The number of hydrogen-bond donors (Lipinski definition) is 1. The van der Waals surface area contributed by atoms with Gasteiger partial charge in [-0.15, -0.1) is 0 Å². The van der Waals surface area contributed by atoms with E-state index in [-0.39, 0.29) is 17.5 Å². The van der Waals surface area contributed by atoms with E-state index in [0.717, 1.165) is 5.56 Å². The van der Waals surface area contributed by atoms with Crippen LogP contribution in [0.3, 0.4) is 0 Å². The number of carbonyl (C=O) groups excluding carboxylic acids is 2. The SMILES string of the molecule is CC(C)COc1ccc(C(=O)NC(=Cc2ccc(Cl)cc2)C(=O)N2CCOCC2)cc1. The Morgan fingerprint density at radius 2 is 1.74 bits per heavy atom. The minimum atomic E-state index is -0.364. The van der Waals surface area contributed by atoms with Crippen LogP contribution in [0.25, 0.3) is 6.08 Å². The summed E-state index contributed by atoms with van der Waals surface area (Å²) in [6.07, 6.45) is 1.66. The predicted molar refractivity (Wildman–Crippen MR) is 121 cm³/mol. The monoisotopic (exact) mass is 442 g/mol. The van der Waals surface area contributed by atoms with Crippen molar-refractivity contribution in [2.24, 2.45) is 5.92 Å². The molecule has 2 aromatic carbocycles. The third-order valence-electron chi connectivity index (χ3n) is 4.66. The van der Waals surface area contributed by atoms with E-state index in [9.17, 15) is 9.59 Å². The van der Waals surface area contributed by atoms with Gasteiger partial charge in [0, 0.05) is 23.7 Å². The highest BCUT2D eigenvalue weighted by Crippen LogP contribution is 2.16. The molecule has 0 radical (unpaired) electrons. The molecule has 3 rings (SSSR count). The van der Waals surface area contributed by atoms with Crippen molar-refractivity contribution in [3.8, 4) is 5.75 Å². The number of ether oxygens (including phenoxy) is 2. The Labute approximate surface area is 187 Å². The first-order valence-electron chi connectivity index (χ1n) is 10.3. The Morgan fingerprint density at radius 3 is 2.35 bits per heavy atom. The lowest BCUT2D eigenvalue weighted by Gasteiger charge is -2.27. The number of benzene rings is 2. The summed E-state index contributed by atoms with van der Waals surface area (Å²) in [7, 11) is 0. The Hall–Kier alpha value is -2.83. The molecule has 6 nitrogen and oxygen atoms in total. The summed E-state index contributed by atoms with van der Waals surface area (Å²) in [6.45, 7) is 6.66. The normalized spacial score (nSPS) is 14.5. The predicted octanol–water partition coefficient (Wildman–Crippen LogP) is 4.00. The van der Waals surface area contributed by atoms with Crippen LogP contribution in [0.15, 0.2) is 54.2 Å². The van der Waals surface area contributed by atoms with E-state index >= 15 is 0 Å². The van der Waals surface area contributed by atoms with Crippen LogP contribution >= 0.6 is 11.6 Å². The van der Waals surface area contributed by atoms with Crippen LogP contribution in [0.1, 0.15) is 29.8 Å². The van der Waals surface area contributed by atoms with Gasteiger partial charge in [0.05, 0.1) is 19.8 Å². The van der Waals surface area contributed by atoms with E-state index in [4.69, 9.17) is 21.1 Å². The number of carbonyl (C=O) groups is 2. The van der Waals surface area contributed by atoms with Crippen molar-refractivity contribution in [1.82, 2.24) is 10.2 Å². The first kappa shape index (κ1) is 22.8. The van der Waals surface area contributed by atoms with E-state index in [0.29, 0.717) is 55.2 Å². The van der Waals surface area contributed by atoms with Gasteiger partial charge in [-0.1, -0.05) is 37.6 Å². The number of nitrogens with one attached hydrogen (secondary N) is 1. The first-order chi connectivity index (χ1) is 14.9. The highest BCUT2D eigenvalue weighted by Gasteiger charge is 2.22. The average molecular weight is 443 g/mol. The lowest BCUT2D eigenvalue weighted by Crippen LogP contribution is -2.44. The molecule has 1 N–H and O–H groups in total. The first-order valence-corrected chi connectivity index (χ1v) is 10.7. The second-order valence-corrected chi connectivity index (χ2v) is 8.13. The minimum Gasteiger partial charge on any atom is -0.493 e. The molecule has 0 atom stereocenters. The van der Waals surface area contributed by atoms with Gasteiger partial charge in [0.25, 0.3) is 11.8 Å². The number of amides is 2. The summed E-state index contributed by atoms with van der Waals surface area (Å²) in [6, 6.07) is 13.9. The van der Waals surface area contributed by atoms with Crippen LogP contribution in [-0.4, -0.2) is 49.6 Å². The van der Waals surface area contributed by atoms with Gasteiger partial charge in [-0.3, -0.25) is 9.59 Å². The van der Waals surface area contributed by atoms with Crippen molar-refractivity contribution < 1.29 is 19.1 Å². The summed E-state index contributed by atoms with van der Waals surface area (Å²) in [5, 5.41) is 3.38. The van der Waals surface area contributed by atoms with Crippen molar-refractivity contribution in [2.75, 3.05) is 32.9 Å². The van der Waals surface area contributed by atoms with Gasteiger partial charge in [-0.2, -0.15) is 0 Å². The number of rotatable bonds is 7. The molecule has 2 aromatic rings. The Bertz CT molecular complexity index is 918. The van der Waals surface area contributed by atoms with Gasteiger partial charge >= 0.3 is 0 Å². The molecule has 164 valence electrons. The lowest BCUT2D eigenvalue weighted by atomic mass is 10.1. The molecule has 0 aliphatic carbocycles. The topological polar surface area (TPSA) is 67.9 Å². The Kier molecular flexibility index (Phi) is 8.09. The average Bonchev–Trinajstić information content (AvgIpc) is 2.79. The second-order valence-electron chi connectivity index (χ2n) is 7.70. The zero-order valence-corrected chi connectivity index (χ0v) is 18.5. The molecule has 1 saturated heterocycles. The van der Waals surface area contributed by atoms with Crippen LogP contribution in [0.5, 0.6) is 5.75 Å². The Balaban J connectivity index is 1.77. The van der Waals surface area contributed by atoms with E-state index in [2.05, 4.69) is 19.2 Å². The van der Waals surface area contributed by atoms with Crippen LogP contribution in [0.4, 0.5) is 0 Å². The highest BCUT2D eigenvalue weighted by atomic mass is 35.5. The fourth-order valence-corrected chi connectivity index (χ4v) is 3.10. The molecule has 0 unspecified atom stereocenters. The molecule has 0 bridgehead atoms. The van der Waals surface area contributed by atoms with E-state index in [1.54, 1.807) is 59.5 Å². The molecule has 0 saturated carbocycles. The van der Waals surface area contributed by atoms with Crippen LogP contribution in [-0.2, 0) is 9.53 Å². The fraction of sp³-hybridized carbons (Fsp3) is 0.333. The summed E-state index contributed by atoms with van der Waals surface area (Å²) < 4.78 is 11.0. The smallest absolute Gasteiger partial charge is 0.270 e. The lowest BCUT2D eigenvalue weighted by molar-refractivity contribution is -0.131. The number of halogens is 1. The molecular formula is C24H27ClN2O4. The Morgan fingerprint density at radius 1 is 1.10 bits per heavy atom. The maximum atomic E-state index is 13.1. The number of morpholine rings is 1. The van der Waals surface area contributed by atoms with Crippen LogP contribution < -0.4 is 10.1 Å². The second kappa shape index (κ2) is 11.0. The third-order valence-corrected chi connectivity index (χ3v) is 4.91. The van der Waals surface area contributed by atoms with E-state index in [1.807, 2.05) is 0 Å². The van der Waals surface area contributed by atoms with Gasteiger partial charge in [0.1, 0.15) is 11.4 Å². The molecule has 31 heavy (non-hydrogen) atoms. The summed E-state index contributed by atoms with van der Waals surface area (Å²) >= 11 is 5.96. The molecule has 1 heterocycles. The molecule has 2 amide bonds. The van der Waals surface area contributed by atoms with Gasteiger partial charge in [0.15, 0.2) is 0 Å². The number of hydrogen-bond acceptors (Lipinski definition) is 4. The van der Waals surface area contributed by atoms with Crippen molar-refractivity contribution in [1.29, 1.82) is 0 Å². The van der Waals surface area contributed by atoms with Crippen molar-refractivity contribution in [3.63, 3.8) is 0 Å². The molecule has 1 aliphatic heterocycles. The summed E-state index contributed by atoms with van der Waals surface area (Å²) in [5.74, 6) is 0.502. The maximum absolute atomic E-state index is 13.1. The maximum Gasteiger partial charge on any atom is 0.270 e. The fourth-order valence-electron chi connectivity index (χ4n) is 2.97. The largest absolute Gasteiger partial charge is 0.493 e.